The van der Waals surface area contributed by atoms with E-state index < -0.39 is 5.60 Å². The van der Waals surface area contributed by atoms with Crippen molar-refractivity contribution in [1.29, 1.82) is 0 Å². The van der Waals surface area contributed by atoms with Crippen LogP contribution in [0.3, 0.4) is 0 Å². The van der Waals surface area contributed by atoms with Gasteiger partial charge in [0.2, 0.25) is 0 Å². The number of methoxy groups -OCH3 is 1. The number of hydrogen-bond acceptors (Lipinski definition) is 4. The van der Waals surface area contributed by atoms with Crippen LogP contribution in [-0.2, 0) is 14.3 Å². The van der Waals surface area contributed by atoms with Gasteiger partial charge in [-0.25, -0.2) is 0 Å². The van der Waals surface area contributed by atoms with Gasteiger partial charge < -0.3 is 14.6 Å². The third kappa shape index (κ3) is 3.31. The van der Waals surface area contributed by atoms with Gasteiger partial charge in [0.15, 0.2) is 0 Å². The van der Waals surface area contributed by atoms with Crippen LogP contribution in [0.15, 0.2) is 23.8 Å². The van der Waals surface area contributed by atoms with Gasteiger partial charge in [-0.2, -0.15) is 0 Å². The van der Waals surface area contributed by atoms with Gasteiger partial charge in [0.25, 0.3) is 0 Å². The molecule has 0 amide bonds. The van der Waals surface area contributed by atoms with E-state index >= 15 is 0 Å². The summed E-state index contributed by atoms with van der Waals surface area (Å²) in [4.78, 5) is 12.7. The third-order valence-corrected chi connectivity index (χ3v) is 6.67. The van der Waals surface area contributed by atoms with Crippen molar-refractivity contribution in [3.63, 3.8) is 0 Å². The number of rotatable bonds is 3. The Morgan fingerprint density at radius 3 is 2.76 bits per heavy atom. The Hall–Kier alpha value is -1.13. The van der Waals surface area contributed by atoms with Crippen molar-refractivity contribution in [2.75, 3.05) is 13.7 Å². The number of fused-ring (bicyclic) bond motifs is 4. The Kier molecular flexibility index (Phi) is 5.13. The Labute approximate surface area is 151 Å². The highest BCUT2D eigenvalue weighted by molar-refractivity contribution is 5.76. The summed E-state index contributed by atoms with van der Waals surface area (Å²) in [5, 5.41) is 10.6. The van der Waals surface area contributed by atoms with Gasteiger partial charge in [-0.3, -0.25) is 4.79 Å². The lowest BCUT2D eigenvalue weighted by Crippen LogP contribution is -2.55. The number of carbonyl (C=O) groups is 1. The smallest absolute Gasteiger partial charge is 0.312 e. The Balaban J connectivity index is 1.99. The van der Waals surface area contributed by atoms with E-state index in [-0.39, 0.29) is 29.3 Å². The largest absolute Gasteiger partial charge is 0.461 e. The van der Waals surface area contributed by atoms with Crippen molar-refractivity contribution < 1.29 is 19.4 Å². The first-order valence-corrected chi connectivity index (χ1v) is 9.58. The summed E-state index contributed by atoms with van der Waals surface area (Å²) in [5.41, 5.74) is 0.474. The van der Waals surface area contributed by atoms with Crippen LogP contribution in [0.4, 0.5) is 0 Å². The van der Waals surface area contributed by atoms with Crippen molar-refractivity contribution in [3.8, 4) is 0 Å². The quantitative estimate of drug-likeness (QED) is 0.791. The molecule has 3 rings (SSSR count). The molecule has 3 aliphatic rings. The molecule has 2 saturated carbocycles. The number of esters is 1. The molecule has 5 atom stereocenters. The molecule has 2 bridgehead atoms. The molecule has 0 aromatic carbocycles. The minimum absolute atomic E-state index is 0.127. The van der Waals surface area contributed by atoms with Gasteiger partial charge in [0, 0.05) is 7.11 Å². The Bertz CT molecular complexity index is 578. The van der Waals surface area contributed by atoms with Gasteiger partial charge in [-0.15, -0.1) is 0 Å². The van der Waals surface area contributed by atoms with E-state index in [9.17, 15) is 9.90 Å². The number of aliphatic hydroxyl groups excluding tert-OH is 1. The summed E-state index contributed by atoms with van der Waals surface area (Å²) in [7, 11) is 1.71. The zero-order valence-electron chi connectivity index (χ0n) is 16.0. The van der Waals surface area contributed by atoms with Crippen molar-refractivity contribution in [2.45, 2.75) is 64.6 Å². The first kappa shape index (κ1) is 18.7. The number of hydrogen-bond donors (Lipinski definition) is 1. The molecule has 25 heavy (non-hydrogen) atoms. The van der Waals surface area contributed by atoms with Crippen LogP contribution in [0.1, 0.15) is 52.9 Å². The fraction of sp³-hybridized carbons (Fsp3) is 0.762. The van der Waals surface area contributed by atoms with Crippen LogP contribution in [0.25, 0.3) is 0 Å². The fourth-order valence-electron chi connectivity index (χ4n) is 5.16. The molecule has 0 unspecified atom stereocenters. The average molecular weight is 348 g/mol. The van der Waals surface area contributed by atoms with Crippen molar-refractivity contribution in [1.82, 2.24) is 0 Å². The molecule has 2 aliphatic carbocycles. The molecule has 4 nitrogen and oxygen atoms in total. The van der Waals surface area contributed by atoms with Crippen LogP contribution in [0.2, 0.25) is 0 Å². The van der Waals surface area contributed by atoms with Gasteiger partial charge >= 0.3 is 5.97 Å². The molecule has 1 saturated heterocycles. The zero-order valence-corrected chi connectivity index (χ0v) is 16.0. The van der Waals surface area contributed by atoms with E-state index in [4.69, 9.17) is 9.47 Å². The topological polar surface area (TPSA) is 55.8 Å². The molecule has 0 radical (unpaired) electrons. The monoisotopic (exact) mass is 348 g/mol. The summed E-state index contributed by atoms with van der Waals surface area (Å²) in [5.74, 6) is 0.244. The molecule has 140 valence electrons. The van der Waals surface area contributed by atoms with Crippen LogP contribution in [0.5, 0.6) is 0 Å². The molecule has 0 aromatic rings. The lowest BCUT2D eigenvalue weighted by atomic mass is 9.62. The number of allylic oxidation sites excluding steroid dienone is 3. The molecule has 0 aromatic heterocycles. The normalized spacial score (nSPS) is 43.2. The lowest BCUT2D eigenvalue weighted by molar-refractivity contribution is -0.184. The second-order valence-electron chi connectivity index (χ2n) is 8.76. The fourth-order valence-corrected chi connectivity index (χ4v) is 5.16. The molecular formula is C21H32O4. The third-order valence-electron chi connectivity index (χ3n) is 6.67. The second kappa shape index (κ2) is 6.88. The van der Waals surface area contributed by atoms with Gasteiger partial charge in [0.1, 0.15) is 6.61 Å². The van der Waals surface area contributed by atoms with Crippen molar-refractivity contribution in [3.05, 3.63) is 23.8 Å². The zero-order chi connectivity index (χ0) is 18.2. The van der Waals surface area contributed by atoms with Crippen LogP contribution in [-0.4, -0.2) is 36.5 Å². The first-order valence-electron chi connectivity index (χ1n) is 9.58. The first-order chi connectivity index (χ1) is 11.8. The van der Waals surface area contributed by atoms with Crippen molar-refractivity contribution in [2.24, 2.45) is 23.2 Å². The van der Waals surface area contributed by atoms with Crippen molar-refractivity contribution >= 4 is 5.97 Å². The maximum atomic E-state index is 12.7. The van der Waals surface area contributed by atoms with E-state index in [1.807, 2.05) is 0 Å². The second-order valence-corrected chi connectivity index (χ2v) is 8.76. The summed E-state index contributed by atoms with van der Waals surface area (Å²) < 4.78 is 11.6. The minimum atomic E-state index is -0.520. The standard InChI is InChI=1S/C21H32O4/c1-14(2)6-5-7-15-12-25-19(23)18-16(15)8-10-20(3)13-21(18,24-4)11-9-17(20)22/h5-7,14,16-18,22H,8-13H2,1-4H3/b6-5+,15-7-/t16-,17-,18+,20+,21-/m1/s1. The van der Waals surface area contributed by atoms with Gasteiger partial charge in [-0.05, 0) is 54.9 Å². The average Bonchev–Trinajstić information content (AvgIpc) is 2.68. The molecule has 1 aliphatic heterocycles. The van der Waals surface area contributed by atoms with Gasteiger partial charge in [0.05, 0.1) is 17.6 Å². The molecule has 1 N–H and O–H groups in total. The van der Waals surface area contributed by atoms with Gasteiger partial charge in [-0.1, -0.05) is 39.0 Å². The maximum Gasteiger partial charge on any atom is 0.312 e. The molecular weight excluding hydrogens is 316 g/mol. The van der Waals surface area contributed by atoms with Crippen LogP contribution >= 0.6 is 0 Å². The molecule has 4 heteroatoms. The highest BCUT2D eigenvalue weighted by Crippen LogP contribution is 2.56. The SMILES string of the molecule is CO[C@@]12CC[C@@H](O)[C@@](C)(CC[C@@H]3/C(=C\C=C\C(C)C)COC(=O)[C@H]31)C2. The summed E-state index contributed by atoms with van der Waals surface area (Å²) in [6.45, 7) is 6.82. The Morgan fingerprint density at radius 2 is 2.08 bits per heavy atom. The summed E-state index contributed by atoms with van der Waals surface area (Å²) in [6.07, 6.45) is 10.00. The maximum absolute atomic E-state index is 12.7. The summed E-state index contributed by atoms with van der Waals surface area (Å²) >= 11 is 0. The molecule has 0 spiro atoms. The van der Waals surface area contributed by atoms with Crippen LogP contribution < -0.4 is 0 Å². The van der Waals surface area contributed by atoms with E-state index in [0.29, 0.717) is 25.4 Å². The van der Waals surface area contributed by atoms with Crippen LogP contribution in [0, 0.1) is 23.2 Å². The van der Waals surface area contributed by atoms with E-state index in [1.54, 1.807) is 7.11 Å². The Morgan fingerprint density at radius 1 is 1.32 bits per heavy atom. The van der Waals surface area contributed by atoms with E-state index in [1.165, 1.54) is 5.57 Å². The lowest BCUT2D eigenvalue weighted by Gasteiger charge is -2.50. The van der Waals surface area contributed by atoms with E-state index in [0.717, 1.165) is 19.3 Å². The molecule has 1 heterocycles. The number of carbonyl (C=O) groups excluding carboxylic acids is 1. The predicted octanol–water partition coefficient (Wildman–Crippen LogP) is 3.64. The summed E-state index contributed by atoms with van der Waals surface area (Å²) in [6, 6.07) is 0. The molecule has 3 fully saturated rings. The minimum Gasteiger partial charge on any atom is -0.461 e. The number of aliphatic hydroxyl groups is 1. The number of cyclic esters (lactones) is 1. The highest BCUT2D eigenvalue weighted by atomic mass is 16.5. The predicted molar refractivity (Wildman–Crippen MR) is 96.9 cm³/mol. The van der Waals surface area contributed by atoms with E-state index in [2.05, 4.69) is 39.0 Å². The highest BCUT2D eigenvalue weighted by Gasteiger charge is 2.59. The number of ether oxygens (including phenoxy) is 2.